The summed E-state index contributed by atoms with van der Waals surface area (Å²) in [7, 11) is 3.32. The van der Waals surface area contributed by atoms with Crippen LogP contribution in [0.5, 0.6) is 0 Å². The number of aromatic nitrogens is 2. The Morgan fingerprint density at radius 3 is 2.33 bits per heavy atom. The average molecular weight is 382 g/mol. The summed E-state index contributed by atoms with van der Waals surface area (Å²) in [5, 5.41) is 0. The molecule has 0 atom stereocenters. The van der Waals surface area contributed by atoms with Crippen LogP contribution in [0, 0.1) is 0 Å². The summed E-state index contributed by atoms with van der Waals surface area (Å²) in [6.45, 7) is 6.99. The first-order valence-corrected chi connectivity index (χ1v) is 9.12. The van der Waals surface area contributed by atoms with Gasteiger partial charge in [0.25, 0.3) is 0 Å². The molecular formula is C17H30N6O4. The minimum Gasteiger partial charge on any atom is -0.450 e. The lowest BCUT2D eigenvalue weighted by molar-refractivity contribution is 0.105. The highest BCUT2D eigenvalue weighted by atomic mass is 16.6. The Morgan fingerprint density at radius 2 is 1.78 bits per heavy atom. The lowest BCUT2D eigenvalue weighted by Gasteiger charge is -2.35. The molecule has 0 unspecified atom stereocenters. The van der Waals surface area contributed by atoms with Crippen molar-refractivity contribution in [2.45, 2.75) is 6.92 Å². The molecule has 0 spiro atoms. The van der Waals surface area contributed by atoms with Gasteiger partial charge in [0.15, 0.2) is 11.6 Å². The lowest BCUT2D eigenvalue weighted by Crippen LogP contribution is -2.49. The number of hydrogen-bond donors (Lipinski definition) is 1. The second kappa shape index (κ2) is 10.7. The Balaban J connectivity index is 2.10. The number of nitrogens with two attached hydrogens (primary N) is 1. The SMILES string of the molecule is CCOC(=O)N1CCN(c2ncnc(N(CCOC)CCOC)c2N)CC1. The molecule has 10 nitrogen and oxygen atoms in total. The number of hydrogen-bond acceptors (Lipinski definition) is 9. The minimum atomic E-state index is -0.279. The molecule has 0 saturated carbocycles. The monoisotopic (exact) mass is 382 g/mol. The number of ether oxygens (including phenoxy) is 3. The van der Waals surface area contributed by atoms with Gasteiger partial charge in [0.05, 0.1) is 19.8 Å². The van der Waals surface area contributed by atoms with Crippen LogP contribution in [0.4, 0.5) is 22.1 Å². The van der Waals surface area contributed by atoms with Crippen molar-refractivity contribution in [3.8, 4) is 0 Å². The van der Waals surface area contributed by atoms with Gasteiger partial charge in [-0.05, 0) is 6.92 Å². The molecule has 1 aliphatic rings. The summed E-state index contributed by atoms with van der Waals surface area (Å²) in [4.78, 5) is 26.4. The predicted octanol–water partition coefficient (Wildman–Crippen LogP) is 0.437. The number of rotatable bonds is 9. The van der Waals surface area contributed by atoms with Crippen molar-refractivity contribution in [1.29, 1.82) is 0 Å². The lowest BCUT2D eigenvalue weighted by atomic mass is 10.3. The Morgan fingerprint density at radius 1 is 1.15 bits per heavy atom. The van der Waals surface area contributed by atoms with Gasteiger partial charge in [-0.3, -0.25) is 0 Å². The van der Waals surface area contributed by atoms with Gasteiger partial charge in [0.2, 0.25) is 0 Å². The molecule has 0 aromatic carbocycles. The first-order valence-electron chi connectivity index (χ1n) is 9.12. The van der Waals surface area contributed by atoms with Crippen LogP contribution < -0.4 is 15.5 Å². The van der Waals surface area contributed by atoms with Crippen molar-refractivity contribution in [2.75, 3.05) is 88.8 Å². The standard InChI is InChI=1S/C17H30N6O4/c1-4-27-17(24)23-7-5-21(6-8-23)15-14(18)16(20-13-19-15)22(9-11-25-2)10-12-26-3/h13H,4-12,18H2,1-3H3. The molecule has 1 amide bonds. The van der Waals surface area contributed by atoms with Gasteiger partial charge >= 0.3 is 6.09 Å². The summed E-state index contributed by atoms with van der Waals surface area (Å²) < 4.78 is 15.4. The third kappa shape index (κ3) is 5.57. The summed E-state index contributed by atoms with van der Waals surface area (Å²) in [5.74, 6) is 1.35. The maximum Gasteiger partial charge on any atom is 0.409 e. The fraction of sp³-hybridized carbons (Fsp3) is 0.706. The van der Waals surface area contributed by atoms with Crippen molar-refractivity contribution >= 4 is 23.4 Å². The van der Waals surface area contributed by atoms with Crippen LogP contribution in [0.3, 0.4) is 0 Å². The fourth-order valence-electron chi connectivity index (χ4n) is 2.92. The molecule has 0 radical (unpaired) electrons. The second-order valence-electron chi connectivity index (χ2n) is 6.08. The number of carbonyl (C=O) groups excluding carboxylic acids is 1. The van der Waals surface area contributed by atoms with Crippen molar-refractivity contribution in [3.05, 3.63) is 6.33 Å². The van der Waals surface area contributed by atoms with Gasteiger partial charge in [-0.2, -0.15) is 0 Å². The maximum atomic E-state index is 11.9. The Kier molecular flexibility index (Phi) is 8.34. The molecule has 1 aromatic rings. The van der Waals surface area contributed by atoms with Crippen LogP contribution in [0.1, 0.15) is 6.92 Å². The van der Waals surface area contributed by atoms with Gasteiger partial charge in [0, 0.05) is 53.5 Å². The number of amides is 1. The van der Waals surface area contributed by atoms with E-state index in [-0.39, 0.29) is 6.09 Å². The summed E-state index contributed by atoms with van der Waals surface area (Å²) >= 11 is 0. The summed E-state index contributed by atoms with van der Waals surface area (Å²) in [5.41, 5.74) is 6.93. The van der Waals surface area contributed by atoms with E-state index in [1.54, 1.807) is 26.0 Å². The number of nitrogen functional groups attached to an aromatic ring is 1. The molecule has 1 saturated heterocycles. The molecule has 2 N–H and O–H groups in total. The highest BCUT2D eigenvalue weighted by molar-refractivity contribution is 5.76. The van der Waals surface area contributed by atoms with Crippen LogP contribution >= 0.6 is 0 Å². The average Bonchev–Trinajstić information content (AvgIpc) is 2.69. The zero-order valence-corrected chi connectivity index (χ0v) is 16.4. The van der Waals surface area contributed by atoms with E-state index in [1.807, 2.05) is 4.90 Å². The van der Waals surface area contributed by atoms with Crippen LogP contribution in [-0.4, -0.2) is 94.3 Å². The molecule has 0 aliphatic carbocycles. The third-order valence-electron chi connectivity index (χ3n) is 4.38. The van der Waals surface area contributed by atoms with Crippen molar-refractivity contribution in [1.82, 2.24) is 14.9 Å². The molecule has 27 heavy (non-hydrogen) atoms. The zero-order chi connectivity index (χ0) is 19.6. The fourth-order valence-corrected chi connectivity index (χ4v) is 2.92. The Labute approximate surface area is 160 Å². The summed E-state index contributed by atoms with van der Waals surface area (Å²) in [6.07, 6.45) is 1.24. The van der Waals surface area contributed by atoms with Gasteiger partial charge in [-0.15, -0.1) is 0 Å². The quantitative estimate of drug-likeness (QED) is 0.651. The predicted molar refractivity (Wildman–Crippen MR) is 103 cm³/mol. The topological polar surface area (TPSA) is 106 Å². The van der Waals surface area contributed by atoms with E-state index in [0.717, 1.165) is 0 Å². The minimum absolute atomic E-state index is 0.279. The van der Waals surface area contributed by atoms with Gasteiger partial charge in [0.1, 0.15) is 12.0 Å². The van der Waals surface area contributed by atoms with E-state index < -0.39 is 0 Å². The van der Waals surface area contributed by atoms with E-state index in [9.17, 15) is 4.79 Å². The van der Waals surface area contributed by atoms with Crippen LogP contribution in [0.2, 0.25) is 0 Å². The molecule has 1 fully saturated rings. The van der Waals surface area contributed by atoms with E-state index in [4.69, 9.17) is 19.9 Å². The first kappa shape index (κ1) is 21.0. The largest absolute Gasteiger partial charge is 0.450 e. The molecule has 2 rings (SSSR count). The second-order valence-corrected chi connectivity index (χ2v) is 6.08. The van der Waals surface area contributed by atoms with Crippen LogP contribution in [0.25, 0.3) is 0 Å². The van der Waals surface area contributed by atoms with Crippen molar-refractivity contribution < 1.29 is 19.0 Å². The van der Waals surface area contributed by atoms with Crippen molar-refractivity contribution in [3.63, 3.8) is 0 Å². The molecule has 10 heteroatoms. The molecule has 1 aromatic heterocycles. The molecule has 1 aliphatic heterocycles. The first-order chi connectivity index (χ1) is 13.1. The molecule has 2 heterocycles. The van der Waals surface area contributed by atoms with Crippen LogP contribution in [0.15, 0.2) is 6.33 Å². The highest BCUT2D eigenvalue weighted by Gasteiger charge is 2.25. The maximum absolute atomic E-state index is 11.9. The number of nitrogens with zero attached hydrogens (tertiary/aromatic N) is 5. The van der Waals surface area contributed by atoms with E-state index in [0.29, 0.717) is 76.4 Å². The smallest absolute Gasteiger partial charge is 0.409 e. The van der Waals surface area contributed by atoms with Gasteiger partial charge in [-0.25, -0.2) is 14.8 Å². The number of piperazine rings is 1. The van der Waals surface area contributed by atoms with E-state index in [2.05, 4.69) is 14.9 Å². The Bertz CT molecular complexity index is 587. The van der Waals surface area contributed by atoms with Crippen LogP contribution in [-0.2, 0) is 14.2 Å². The number of carbonyl (C=O) groups is 1. The number of anilines is 3. The van der Waals surface area contributed by atoms with Crippen molar-refractivity contribution in [2.24, 2.45) is 0 Å². The third-order valence-corrected chi connectivity index (χ3v) is 4.38. The van der Waals surface area contributed by atoms with E-state index >= 15 is 0 Å². The molecule has 152 valence electrons. The molecule has 0 bridgehead atoms. The van der Waals surface area contributed by atoms with E-state index in [1.165, 1.54) is 6.33 Å². The summed E-state index contributed by atoms with van der Waals surface area (Å²) in [6, 6.07) is 0. The Hall–Kier alpha value is -2.33. The molecular weight excluding hydrogens is 352 g/mol. The normalized spacial score (nSPS) is 14.3. The highest BCUT2D eigenvalue weighted by Crippen LogP contribution is 2.29. The number of methoxy groups -OCH3 is 2. The van der Waals surface area contributed by atoms with Gasteiger partial charge in [-0.1, -0.05) is 0 Å². The van der Waals surface area contributed by atoms with Gasteiger partial charge < -0.3 is 34.6 Å². The zero-order valence-electron chi connectivity index (χ0n) is 16.4.